The van der Waals surface area contributed by atoms with E-state index in [-0.39, 0.29) is 17.5 Å². The van der Waals surface area contributed by atoms with Crippen LogP contribution in [0, 0.1) is 6.92 Å². The summed E-state index contributed by atoms with van der Waals surface area (Å²) in [5, 5.41) is 0. The summed E-state index contributed by atoms with van der Waals surface area (Å²) in [4.78, 5) is 12.8. The number of nitrogens with zero attached hydrogens (tertiary/aromatic N) is 1. The van der Waals surface area contributed by atoms with Gasteiger partial charge in [-0.2, -0.15) is 0 Å². The summed E-state index contributed by atoms with van der Waals surface area (Å²) in [5.41, 5.74) is 2.67. The van der Waals surface area contributed by atoms with Gasteiger partial charge in [-0.05, 0) is 37.6 Å². The van der Waals surface area contributed by atoms with Gasteiger partial charge in [0.05, 0.1) is 11.5 Å². The highest BCUT2D eigenvalue weighted by Crippen LogP contribution is 2.25. The molecule has 0 N–H and O–H groups in total. The molecule has 1 aliphatic rings. The van der Waals surface area contributed by atoms with Crippen LogP contribution in [0.5, 0.6) is 0 Å². The van der Waals surface area contributed by atoms with Gasteiger partial charge >= 0.3 is 0 Å². The molecule has 2 rings (SSSR count). The predicted molar refractivity (Wildman–Crippen MR) is 72.0 cm³/mol. The van der Waals surface area contributed by atoms with E-state index in [0.717, 1.165) is 17.5 Å². The van der Waals surface area contributed by atoms with Gasteiger partial charge in [-0.1, -0.05) is 0 Å². The number of sulfone groups is 1. The highest BCUT2D eigenvalue weighted by molar-refractivity contribution is 7.91. The quantitative estimate of drug-likeness (QED) is 0.761. The second-order valence-electron chi connectivity index (χ2n) is 4.82. The first kappa shape index (κ1) is 13.1. The lowest BCUT2D eigenvalue weighted by molar-refractivity contribution is 0.112. The van der Waals surface area contributed by atoms with Gasteiger partial charge in [0.2, 0.25) is 0 Å². The maximum absolute atomic E-state index is 11.6. The fourth-order valence-electron chi connectivity index (χ4n) is 2.43. The third-order valence-electron chi connectivity index (χ3n) is 3.34. The summed E-state index contributed by atoms with van der Waals surface area (Å²) in [6.45, 7) is 4.38. The van der Waals surface area contributed by atoms with Gasteiger partial charge in [0.15, 0.2) is 9.84 Å². The molecule has 0 spiro atoms. The van der Waals surface area contributed by atoms with E-state index in [1.54, 1.807) is 6.07 Å². The summed E-state index contributed by atoms with van der Waals surface area (Å²) in [7, 11) is -2.90. The molecule has 18 heavy (non-hydrogen) atoms. The Kier molecular flexibility index (Phi) is 3.43. The number of anilines is 1. The van der Waals surface area contributed by atoms with Gasteiger partial charge in [-0.25, -0.2) is 8.42 Å². The SMILES string of the molecule is Cc1cc(C=O)ccc1N1CCS(=O)(=O)CC1C. The molecule has 0 bridgehead atoms. The monoisotopic (exact) mass is 267 g/mol. The number of hydrogen-bond donors (Lipinski definition) is 0. The second-order valence-corrected chi connectivity index (χ2v) is 7.05. The van der Waals surface area contributed by atoms with Crippen molar-refractivity contribution in [2.24, 2.45) is 0 Å². The number of rotatable bonds is 2. The van der Waals surface area contributed by atoms with Gasteiger partial charge in [0.25, 0.3) is 0 Å². The number of carbonyl (C=O) groups is 1. The van der Waals surface area contributed by atoms with Crippen molar-refractivity contribution in [3.63, 3.8) is 0 Å². The van der Waals surface area contributed by atoms with Gasteiger partial charge < -0.3 is 4.90 Å². The van der Waals surface area contributed by atoms with Crippen LogP contribution in [-0.4, -0.2) is 38.8 Å². The average molecular weight is 267 g/mol. The molecule has 1 saturated heterocycles. The zero-order valence-electron chi connectivity index (χ0n) is 10.6. The summed E-state index contributed by atoms with van der Waals surface area (Å²) in [6, 6.07) is 5.47. The van der Waals surface area contributed by atoms with Crippen LogP contribution in [0.2, 0.25) is 0 Å². The third-order valence-corrected chi connectivity index (χ3v) is 5.13. The predicted octanol–water partition coefficient (Wildman–Crippen LogP) is 1.43. The molecular weight excluding hydrogens is 250 g/mol. The molecule has 0 saturated carbocycles. The lowest BCUT2D eigenvalue weighted by atomic mass is 10.1. The lowest BCUT2D eigenvalue weighted by Gasteiger charge is -2.36. The molecular formula is C13H17NO3S. The molecule has 5 heteroatoms. The van der Waals surface area contributed by atoms with Crippen molar-refractivity contribution in [1.29, 1.82) is 0 Å². The van der Waals surface area contributed by atoms with E-state index in [9.17, 15) is 13.2 Å². The van der Waals surface area contributed by atoms with Gasteiger partial charge in [-0.15, -0.1) is 0 Å². The van der Waals surface area contributed by atoms with Crippen LogP contribution in [-0.2, 0) is 9.84 Å². The average Bonchev–Trinajstić information content (AvgIpc) is 2.29. The first-order valence-electron chi connectivity index (χ1n) is 5.96. The van der Waals surface area contributed by atoms with Gasteiger partial charge in [0, 0.05) is 23.8 Å². The van der Waals surface area contributed by atoms with Crippen molar-refractivity contribution in [3.8, 4) is 0 Å². The zero-order valence-corrected chi connectivity index (χ0v) is 11.4. The number of aldehydes is 1. The van der Waals surface area contributed by atoms with E-state index in [4.69, 9.17) is 0 Å². The van der Waals surface area contributed by atoms with Gasteiger partial charge in [0.1, 0.15) is 6.29 Å². The molecule has 0 aromatic heterocycles. The van der Waals surface area contributed by atoms with Crippen molar-refractivity contribution in [2.75, 3.05) is 23.0 Å². The number of aryl methyl sites for hydroxylation is 1. The summed E-state index contributed by atoms with van der Waals surface area (Å²) < 4.78 is 23.1. The molecule has 1 aromatic carbocycles. The Morgan fingerprint density at radius 2 is 2.11 bits per heavy atom. The Balaban J connectivity index is 2.30. The zero-order chi connectivity index (χ0) is 13.3. The van der Waals surface area contributed by atoms with Crippen LogP contribution in [0.1, 0.15) is 22.8 Å². The summed E-state index contributed by atoms with van der Waals surface area (Å²) >= 11 is 0. The maximum atomic E-state index is 11.6. The Labute approximate surface area is 108 Å². The summed E-state index contributed by atoms with van der Waals surface area (Å²) in [5.74, 6) is 0.397. The van der Waals surface area contributed by atoms with Gasteiger partial charge in [-0.3, -0.25) is 4.79 Å². The number of carbonyl (C=O) groups excluding carboxylic acids is 1. The van der Waals surface area contributed by atoms with Crippen LogP contribution in [0.25, 0.3) is 0 Å². The maximum Gasteiger partial charge on any atom is 0.154 e. The fraction of sp³-hybridized carbons (Fsp3) is 0.462. The second kappa shape index (κ2) is 4.72. The molecule has 1 unspecified atom stereocenters. The molecule has 1 heterocycles. The minimum Gasteiger partial charge on any atom is -0.367 e. The van der Waals surface area contributed by atoms with E-state index in [0.29, 0.717) is 12.1 Å². The number of hydrogen-bond acceptors (Lipinski definition) is 4. The van der Waals surface area contributed by atoms with Crippen LogP contribution in [0.15, 0.2) is 18.2 Å². The Bertz CT molecular complexity index is 566. The van der Waals surface area contributed by atoms with E-state index in [1.807, 2.05) is 26.0 Å². The van der Waals surface area contributed by atoms with E-state index in [2.05, 4.69) is 4.90 Å². The molecule has 1 aromatic rings. The molecule has 4 nitrogen and oxygen atoms in total. The first-order chi connectivity index (χ1) is 8.43. The molecule has 0 aliphatic carbocycles. The lowest BCUT2D eigenvalue weighted by Crippen LogP contribution is -2.47. The van der Waals surface area contributed by atoms with E-state index in [1.165, 1.54) is 0 Å². The van der Waals surface area contributed by atoms with Crippen molar-refractivity contribution in [2.45, 2.75) is 19.9 Å². The van der Waals surface area contributed by atoms with Crippen molar-refractivity contribution >= 4 is 21.8 Å². The van der Waals surface area contributed by atoms with Crippen LogP contribution in [0.4, 0.5) is 5.69 Å². The van der Waals surface area contributed by atoms with Crippen molar-refractivity contribution < 1.29 is 13.2 Å². The molecule has 1 fully saturated rings. The highest BCUT2D eigenvalue weighted by Gasteiger charge is 2.28. The first-order valence-corrected chi connectivity index (χ1v) is 7.78. The summed E-state index contributed by atoms with van der Waals surface area (Å²) in [6.07, 6.45) is 0.820. The van der Waals surface area contributed by atoms with Crippen LogP contribution < -0.4 is 4.90 Å². The third kappa shape index (κ3) is 2.56. The number of benzene rings is 1. The smallest absolute Gasteiger partial charge is 0.154 e. The highest BCUT2D eigenvalue weighted by atomic mass is 32.2. The van der Waals surface area contributed by atoms with E-state index >= 15 is 0 Å². The Morgan fingerprint density at radius 3 is 2.67 bits per heavy atom. The topological polar surface area (TPSA) is 54.5 Å². The standard InChI is InChI=1S/C13H17NO3S/c1-10-7-12(8-15)3-4-13(10)14-5-6-18(16,17)9-11(14)2/h3-4,7-8,11H,5-6,9H2,1-2H3. The minimum atomic E-state index is -2.90. The Morgan fingerprint density at radius 1 is 1.39 bits per heavy atom. The normalized spacial score (nSPS) is 22.8. The molecule has 1 atom stereocenters. The van der Waals surface area contributed by atoms with E-state index < -0.39 is 9.84 Å². The molecule has 0 radical (unpaired) electrons. The molecule has 1 aliphatic heterocycles. The van der Waals surface area contributed by atoms with Crippen molar-refractivity contribution in [3.05, 3.63) is 29.3 Å². The Hall–Kier alpha value is -1.36. The minimum absolute atomic E-state index is 0.0236. The fourth-order valence-corrected chi connectivity index (χ4v) is 3.99. The van der Waals surface area contributed by atoms with Crippen LogP contribution >= 0.6 is 0 Å². The van der Waals surface area contributed by atoms with Crippen LogP contribution in [0.3, 0.4) is 0 Å². The molecule has 0 amide bonds. The van der Waals surface area contributed by atoms with Crippen molar-refractivity contribution in [1.82, 2.24) is 0 Å². The largest absolute Gasteiger partial charge is 0.367 e. The molecule has 98 valence electrons.